The molecular weight excluding hydrogens is 266 g/mol. The average molecular weight is 291 g/mol. The van der Waals surface area contributed by atoms with Crippen LogP contribution in [0.1, 0.15) is 25.0 Å². The summed E-state index contributed by atoms with van der Waals surface area (Å²) in [6.07, 6.45) is 0. The van der Waals surface area contributed by atoms with Crippen LogP contribution in [0, 0.1) is 11.8 Å². The van der Waals surface area contributed by atoms with E-state index in [0.717, 1.165) is 30.0 Å². The van der Waals surface area contributed by atoms with E-state index in [1.165, 1.54) is 0 Å². The number of aliphatic hydroxyl groups is 1. The molecule has 0 saturated heterocycles. The SMILES string of the molecule is COCCN(Cc1cc(OC)ccc1C#CCO)C(C)C. The summed E-state index contributed by atoms with van der Waals surface area (Å²) in [4.78, 5) is 2.32. The second-order valence-electron chi connectivity index (χ2n) is 5.04. The molecule has 1 aromatic rings. The molecule has 1 rings (SSSR count). The van der Waals surface area contributed by atoms with Crippen LogP contribution >= 0.6 is 0 Å². The van der Waals surface area contributed by atoms with Gasteiger partial charge in [-0.15, -0.1) is 0 Å². The summed E-state index contributed by atoms with van der Waals surface area (Å²) in [7, 11) is 3.37. The molecule has 0 bridgehead atoms. The van der Waals surface area contributed by atoms with Crippen LogP contribution < -0.4 is 4.74 Å². The van der Waals surface area contributed by atoms with Crippen LogP contribution in [0.4, 0.5) is 0 Å². The second kappa shape index (κ2) is 9.41. The van der Waals surface area contributed by atoms with Gasteiger partial charge in [-0.25, -0.2) is 0 Å². The lowest BCUT2D eigenvalue weighted by atomic mass is 10.1. The monoisotopic (exact) mass is 291 g/mol. The molecule has 0 saturated carbocycles. The van der Waals surface area contributed by atoms with E-state index >= 15 is 0 Å². The van der Waals surface area contributed by atoms with Crippen molar-refractivity contribution in [3.63, 3.8) is 0 Å². The van der Waals surface area contributed by atoms with Gasteiger partial charge >= 0.3 is 0 Å². The Bertz CT molecular complexity index is 489. The smallest absolute Gasteiger partial charge is 0.119 e. The van der Waals surface area contributed by atoms with Crippen LogP contribution in [0.15, 0.2) is 18.2 Å². The summed E-state index contributed by atoms with van der Waals surface area (Å²) in [6, 6.07) is 6.24. The Morgan fingerprint density at radius 2 is 2.05 bits per heavy atom. The number of methoxy groups -OCH3 is 2. The lowest BCUT2D eigenvalue weighted by molar-refractivity contribution is 0.125. The molecule has 0 spiro atoms. The van der Waals surface area contributed by atoms with Gasteiger partial charge in [0.1, 0.15) is 12.4 Å². The highest BCUT2D eigenvalue weighted by Crippen LogP contribution is 2.19. The highest BCUT2D eigenvalue weighted by molar-refractivity contribution is 5.45. The van der Waals surface area contributed by atoms with E-state index < -0.39 is 0 Å². The van der Waals surface area contributed by atoms with E-state index in [9.17, 15) is 0 Å². The van der Waals surface area contributed by atoms with Gasteiger partial charge in [-0.2, -0.15) is 0 Å². The maximum atomic E-state index is 8.88. The Labute approximate surface area is 127 Å². The Morgan fingerprint density at radius 1 is 1.29 bits per heavy atom. The van der Waals surface area contributed by atoms with Crippen molar-refractivity contribution in [2.24, 2.45) is 0 Å². The van der Waals surface area contributed by atoms with E-state index in [0.29, 0.717) is 12.6 Å². The lowest BCUT2D eigenvalue weighted by Crippen LogP contribution is -2.33. The Morgan fingerprint density at radius 3 is 2.62 bits per heavy atom. The summed E-state index contributed by atoms with van der Waals surface area (Å²) in [6.45, 7) is 6.51. The van der Waals surface area contributed by atoms with Crippen LogP contribution in [0.2, 0.25) is 0 Å². The summed E-state index contributed by atoms with van der Waals surface area (Å²) in [5.74, 6) is 6.53. The first-order valence-corrected chi connectivity index (χ1v) is 7.12. The van der Waals surface area contributed by atoms with Crippen LogP contribution in [0.5, 0.6) is 5.75 Å². The molecule has 116 valence electrons. The number of ether oxygens (including phenoxy) is 2. The predicted octanol–water partition coefficient (Wildman–Crippen LogP) is 1.90. The highest BCUT2D eigenvalue weighted by atomic mass is 16.5. The number of rotatable bonds is 7. The zero-order valence-electron chi connectivity index (χ0n) is 13.3. The number of benzene rings is 1. The summed E-state index contributed by atoms with van der Waals surface area (Å²) in [5.41, 5.74) is 2.02. The third-order valence-electron chi connectivity index (χ3n) is 3.30. The van der Waals surface area contributed by atoms with Crippen LogP contribution in [0.25, 0.3) is 0 Å². The first-order chi connectivity index (χ1) is 10.1. The molecule has 0 amide bonds. The zero-order valence-corrected chi connectivity index (χ0v) is 13.3. The van der Waals surface area contributed by atoms with Crippen molar-refractivity contribution in [3.8, 4) is 17.6 Å². The minimum Gasteiger partial charge on any atom is -0.497 e. The predicted molar refractivity (Wildman–Crippen MR) is 84.4 cm³/mol. The van der Waals surface area contributed by atoms with E-state index in [-0.39, 0.29) is 6.61 Å². The molecule has 0 aromatic heterocycles. The van der Waals surface area contributed by atoms with Crippen molar-refractivity contribution in [1.82, 2.24) is 4.90 Å². The maximum Gasteiger partial charge on any atom is 0.119 e. The molecular formula is C17H25NO3. The van der Waals surface area contributed by atoms with E-state index in [1.54, 1.807) is 14.2 Å². The first-order valence-electron chi connectivity index (χ1n) is 7.12. The molecule has 0 aliphatic carbocycles. The molecule has 4 nitrogen and oxygen atoms in total. The van der Waals surface area contributed by atoms with Gasteiger partial charge < -0.3 is 14.6 Å². The third kappa shape index (κ3) is 5.76. The molecule has 1 N–H and O–H groups in total. The van der Waals surface area contributed by atoms with Crippen molar-refractivity contribution in [1.29, 1.82) is 0 Å². The van der Waals surface area contributed by atoms with E-state index in [2.05, 4.69) is 30.6 Å². The molecule has 0 radical (unpaired) electrons. The summed E-state index contributed by atoms with van der Waals surface area (Å²) >= 11 is 0. The fraction of sp³-hybridized carbons (Fsp3) is 0.529. The molecule has 1 aromatic carbocycles. The molecule has 0 aliphatic rings. The van der Waals surface area contributed by atoms with Gasteiger partial charge in [0.2, 0.25) is 0 Å². The van der Waals surface area contributed by atoms with Crippen LogP contribution in [-0.4, -0.2) is 50.0 Å². The van der Waals surface area contributed by atoms with Crippen molar-refractivity contribution < 1.29 is 14.6 Å². The van der Waals surface area contributed by atoms with Crippen LogP contribution in [-0.2, 0) is 11.3 Å². The zero-order chi connectivity index (χ0) is 15.7. The van der Waals surface area contributed by atoms with Crippen LogP contribution in [0.3, 0.4) is 0 Å². The molecule has 0 unspecified atom stereocenters. The van der Waals surface area contributed by atoms with Gasteiger partial charge in [-0.3, -0.25) is 4.90 Å². The van der Waals surface area contributed by atoms with E-state index in [4.69, 9.17) is 14.6 Å². The maximum absolute atomic E-state index is 8.88. The average Bonchev–Trinajstić information content (AvgIpc) is 2.49. The number of hydrogen-bond acceptors (Lipinski definition) is 4. The van der Waals surface area contributed by atoms with Crippen molar-refractivity contribution in [2.75, 3.05) is 34.0 Å². The second-order valence-corrected chi connectivity index (χ2v) is 5.04. The first kappa shape index (κ1) is 17.5. The summed E-state index contributed by atoms with van der Waals surface area (Å²) in [5, 5.41) is 8.88. The number of hydrogen-bond donors (Lipinski definition) is 1. The minimum absolute atomic E-state index is 0.136. The minimum atomic E-state index is -0.136. The van der Waals surface area contributed by atoms with Crippen molar-refractivity contribution in [3.05, 3.63) is 29.3 Å². The van der Waals surface area contributed by atoms with Crippen molar-refractivity contribution >= 4 is 0 Å². The van der Waals surface area contributed by atoms with Gasteiger partial charge in [0.15, 0.2) is 0 Å². The molecule has 0 fully saturated rings. The van der Waals surface area contributed by atoms with Crippen molar-refractivity contribution in [2.45, 2.75) is 26.4 Å². The van der Waals surface area contributed by atoms with E-state index in [1.807, 2.05) is 18.2 Å². The number of nitrogens with zero attached hydrogens (tertiary/aromatic N) is 1. The summed E-state index contributed by atoms with van der Waals surface area (Å²) < 4.78 is 10.5. The molecule has 0 atom stereocenters. The molecule has 4 heteroatoms. The highest BCUT2D eigenvalue weighted by Gasteiger charge is 2.12. The van der Waals surface area contributed by atoms with Gasteiger partial charge in [0.05, 0.1) is 13.7 Å². The molecule has 0 aliphatic heterocycles. The standard InChI is InChI=1S/C17H25NO3/c1-14(2)18(9-11-20-3)13-16-12-17(21-4)8-7-15(16)6-5-10-19/h7-8,12,14,19H,9-11,13H2,1-4H3. The van der Waals surface area contributed by atoms with Gasteiger partial charge in [0.25, 0.3) is 0 Å². The normalized spacial score (nSPS) is 10.6. The molecule has 21 heavy (non-hydrogen) atoms. The Kier molecular flexibility index (Phi) is 7.84. The fourth-order valence-electron chi connectivity index (χ4n) is 2.03. The molecule has 0 heterocycles. The van der Waals surface area contributed by atoms with Gasteiger partial charge in [-0.05, 0) is 37.6 Å². The fourth-order valence-corrected chi connectivity index (χ4v) is 2.03. The van der Waals surface area contributed by atoms with Gasteiger partial charge in [0, 0.05) is 31.8 Å². The third-order valence-corrected chi connectivity index (χ3v) is 3.30. The van der Waals surface area contributed by atoms with Gasteiger partial charge in [-0.1, -0.05) is 11.8 Å². The Hall–Kier alpha value is -1.54. The topological polar surface area (TPSA) is 41.9 Å². The Balaban J connectivity index is 3.00. The quantitative estimate of drug-likeness (QED) is 0.779. The lowest BCUT2D eigenvalue weighted by Gasteiger charge is -2.26. The largest absolute Gasteiger partial charge is 0.497 e. The number of aliphatic hydroxyl groups excluding tert-OH is 1.